The number of hydrogen-bond donors (Lipinski definition) is 1. The van der Waals surface area contributed by atoms with Crippen molar-refractivity contribution in [3.63, 3.8) is 0 Å². The van der Waals surface area contributed by atoms with E-state index in [1.807, 2.05) is 60.9 Å². The molecular formula is C25H26ClN3O2. The van der Waals surface area contributed by atoms with Crippen LogP contribution in [0.25, 0.3) is 10.9 Å². The highest BCUT2D eigenvalue weighted by Crippen LogP contribution is 2.37. The number of halogens is 1. The van der Waals surface area contributed by atoms with Crippen molar-refractivity contribution in [2.45, 2.75) is 57.7 Å². The van der Waals surface area contributed by atoms with Gasteiger partial charge in [0.25, 0.3) is 5.91 Å². The highest BCUT2D eigenvalue weighted by atomic mass is 35.5. The zero-order valence-electron chi connectivity index (χ0n) is 17.8. The summed E-state index contributed by atoms with van der Waals surface area (Å²) < 4.78 is 1.98. The smallest absolute Gasteiger partial charge is 0.275 e. The van der Waals surface area contributed by atoms with Crippen LogP contribution in [0.5, 0.6) is 0 Å². The van der Waals surface area contributed by atoms with Gasteiger partial charge < -0.3 is 9.88 Å². The first-order valence-corrected chi connectivity index (χ1v) is 11.3. The van der Waals surface area contributed by atoms with Gasteiger partial charge in [0.1, 0.15) is 11.2 Å². The molecule has 0 unspecified atom stereocenters. The quantitative estimate of drug-likeness (QED) is 0.623. The molecule has 2 amide bonds. The second-order valence-corrected chi connectivity index (χ2v) is 9.38. The van der Waals surface area contributed by atoms with Gasteiger partial charge in [-0.25, -0.2) is 0 Å². The number of amides is 2. The van der Waals surface area contributed by atoms with Gasteiger partial charge in [0.15, 0.2) is 0 Å². The molecule has 1 atom stereocenters. The maximum atomic E-state index is 13.8. The van der Waals surface area contributed by atoms with Crippen molar-refractivity contribution in [1.82, 2.24) is 9.88 Å². The molecule has 2 aliphatic rings. The molecule has 1 aliphatic carbocycles. The summed E-state index contributed by atoms with van der Waals surface area (Å²) in [7, 11) is 0. The average Bonchev–Trinajstić information content (AvgIpc) is 3.38. The summed E-state index contributed by atoms with van der Waals surface area (Å²) in [5.74, 6) is -0.306. The van der Waals surface area contributed by atoms with E-state index >= 15 is 0 Å². The highest BCUT2D eigenvalue weighted by molar-refractivity contribution is 6.31. The van der Waals surface area contributed by atoms with Gasteiger partial charge in [0.2, 0.25) is 5.91 Å². The minimum absolute atomic E-state index is 0.118. The minimum atomic E-state index is -1.08. The van der Waals surface area contributed by atoms with Crippen LogP contribution in [0.15, 0.2) is 48.5 Å². The molecule has 160 valence electrons. The van der Waals surface area contributed by atoms with Crippen LogP contribution in [0.4, 0.5) is 5.69 Å². The van der Waals surface area contributed by atoms with Gasteiger partial charge in [-0.3, -0.25) is 14.5 Å². The predicted octanol–water partition coefficient (Wildman–Crippen LogP) is 5.08. The highest BCUT2D eigenvalue weighted by Gasteiger charge is 2.49. The molecule has 2 heterocycles. The van der Waals surface area contributed by atoms with Crippen LogP contribution < -0.4 is 10.2 Å². The number of carbonyl (C=O) groups is 2. The van der Waals surface area contributed by atoms with Crippen molar-refractivity contribution in [1.29, 1.82) is 0 Å². The molecular weight excluding hydrogens is 410 g/mol. The Morgan fingerprint density at radius 2 is 1.87 bits per heavy atom. The number of nitrogens with one attached hydrogen (secondary N) is 1. The van der Waals surface area contributed by atoms with Crippen LogP contribution in [-0.4, -0.2) is 28.0 Å². The van der Waals surface area contributed by atoms with Gasteiger partial charge in [0, 0.05) is 27.7 Å². The Bertz CT molecular complexity index is 1190. The lowest BCUT2D eigenvalue weighted by atomic mass is 9.93. The summed E-state index contributed by atoms with van der Waals surface area (Å²) in [6.07, 6.45) is 4.24. The van der Waals surface area contributed by atoms with E-state index in [-0.39, 0.29) is 17.9 Å². The molecule has 0 bridgehead atoms. The largest absolute Gasteiger partial charge is 0.351 e. The third-order valence-electron chi connectivity index (χ3n) is 6.79. The monoisotopic (exact) mass is 435 g/mol. The van der Waals surface area contributed by atoms with Crippen LogP contribution >= 0.6 is 11.6 Å². The van der Waals surface area contributed by atoms with E-state index in [1.54, 1.807) is 11.0 Å². The van der Waals surface area contributed by atoms with Gasteiger partial charge in [-0.2, -0.15) is 0 Å². The molecule has 0 spiro atoms. The zero-order valence-corrected chi connectivity index (χ0v) is 18.6. The number of aromatic nitrogens is 1. The molecule has 1 saturated carbocycles. The zero-order chi connectivity index (χ0) is 21.8. The van der Waals surface area contributed by atoms with Crippen molar-refractivity contribution >= 4 is 40.0 Å². The number of fused-ring (bicyclic) bond motifs is 3. The molecule has 1 N–H and O–H groups in total. The molecule has 0 saturated heterocycles. The van der Waals surface area contributed by atoms with Crippen LogP contribution in [0.3, 0.4) is 0 Å². The van der Waals surface area contributed by atoms with Crippen molar-refractivity contribution in [2.75, 3.05) is 4.90 Å². The third kappa shape index (κ3) is 3.23. The maximum absolute atomic E-state index is 13.8. The van der Waals surface area contributed by atoms with Crippen molar-refractivity contribution in [3.05, 3.63) is 64.8 Å². The molecule has 1 aromatic heterocycles. The molecule has 5 nitrogen and oxygen atoms in total. The van der Waals surface area contributed by atoms with Crippen molar-refractivity contribution < 1.29 is 9.59 Å². The summed E-state index contributed by atoms with van der Waals surface area (Å²) in [4.78, 5) is 29.1. The van der Waals surface area contributed by atoms with Crippen LogP contribution in [0.2, 0.25) is 5.02 Å². The second-order valence-electron chi connectivity index (χ2n) is 8.98. The Morgan fingerprint density at radius 3 is 2.61 bits per heavy atom. The number of carbonyl (C=O) groups excluding carboxylic acids is 2. The number of para-hydroxylation sites is 1. The lowest BCUT2D eigenvalue weighted by Crippen LogP contribution is -2.65. The number of nitrogens with zero attached hydrogens (tertiary/aromatic N) is 2. The molecule has 5 rings (SSSR count). The standard InChI is InChI=1S/C25H26ClN3O2/c1-16-11-12-19(14-20(16)26)29-23(30)22-13-17-7-3-6-10-21(17)28(22)15-25(29,2)24(31)27-18-8-4-5-9-18/h3,6-7,10-14,18H,4-5,8-9,15H2,1-2H3,(H,27,31)/t25-/m1/s1. The third-order valence-corrected chi connectivity index (χ3v) is 7.19. The molecule has 3 aromatic rings. The number of aryl methyl sites for hydroxylation is 1. The summed E-state index contributed by atoms with van der Waals surface area (Å²) >= 11 is 6.41. The predicted molar refractivity (Wildman–Crippen MR) is 124 cm³/mol. The van der Waals surface area contributed by atoms with Gasteiger partial charge >= 0.3 is 0 Å². The molecule has 0 radical (unpaired) electrons. The Kier molecular flexibility index (Phi) is 4.82. The molecule has 1 aliphatic heterocycles. The molecule has 31 heavy (non-hydrogen) atoms. The Balaban J connectivity index is 1.65. The molecule has 2 aromatic carbocycles. The fraction of sp³-hybridized carbons (Fsp3) is 0.360. The van der Waals surface area contributed by atoms with Crippen molar-refractivity contribution in [2.24, 2.45) is 0 Å². The van der Waals surface area contributed by atoms with Crippen LogP contribution in [-0.2, 0) is 11.3 Å². The Hall–Kier alpha value is -2.79. The summed E-state index contributed by atoms with van der Waals surface area (Å²) in [5, 5.41) is 4.80. The fourth-order valence-corrected chi connectivity index (χ4v) is 5.16. The van der Waals surface area contributed by atoms with Gasteiger partial charge in [-0.1, -0.05) is 48.7 Å². The van der Waals surface area contributed by atoms with E-state index in [4.69, 9.17) is 11.6 Å². The van der Waals surface area contributed by atoms with E-state index in [0.29, 0.717) is 22.9 Å². The number of benzene rings is 2. The lowest BCUT2D eigenvalue weighted by molar-refractivity contribution is -0.127. The SMILES string of the molecule is Cc1ccc(N2C(=O)c3cc4ccccc4n3C[C@]2(C)C(=O)NC2CCCC2)cc1Cl. The van der Waals surface area contributed by atoms with Gasteiger partial charge in [-0.05, 0) is 56.5 Å². The Morgan fingerprint density at radius 1 is 1.13 bits per heavy atom. The number of rotatable bonds is 3. The topological polar surface area (TPSA) is 54.3 Å². The van der Waals surface area contributed by atoms with Crippen LogP contribution in [0, 0.1) is 6.92 Å². The van der Waals surface area contributed by atoms with E-state index in [2.05, 4.69) is 5.32 Å². The number of hydrogen-bond acceptors (Lipinski definition) is 2. The summed E-state index contributed by atoms with van der Waals surface area (Å²) in [6, 6.07) is 15.6. The van der Waals surface area contributed by atoms with Crippen LogP contribution in [0.1, 0.15) is 48.7 Å². The normalized spacial score (nSPS) is 21.5. The first kappa shape index (κ1) is 20.1. The lowest BCUT2D eigenvalue weighted by Gasteiger charge is -2.44. The van der Waals surface area contributed by atoms with Gasteiger partial charge in [0.05, 0.1) is 6.54 Å². The first-order chi connectivity index (χ1) is 14.9. The molecule has 6 heteroatoms. The average molecular weight is 436 g/mol. The van der Waals surface area contributed by atoms with E-state index in [0.717, 1.165) is 42.1 Å². The van der Waals surface area contributed by atoms with E-state index in [9.17, 15) is 9.59 Å². The van der Waals surface area contributed by atoms with E-state index < -0.39 is 5.54 Å². The fourth-order valence-electron chi connectivity index (χ4n) is 4.98. The minimum Gasteiger partial charge on any atom is -0.351 e. The first-order valence-electron chi connectivity index (χ1n) is 10.9. The maximum Gasteiger partial charge on any atom is 0.275 e. The summed E-state index contributed by atoms with van der Waals surface area (Å²) in [6.45, 7) is 4.17. The van der Waals surface area contributed by atoms with E-state index in [1.165, 1.54) is 0 Å². The van der Waals surface area contributed by atoms with Crippen molar-refractivity contribution in [3.8, 4) is 0 Å². The second kappa shape index (κ2) is 7.41. The van der Waals surface area contributed by atoms with Gasteiger partial charge in [-0.15, -0.1) is 0 Å². The summed E-state index contributed by atoms with van der Waals surface area (Å²) in [5.41, 5.74) is 2.05. The number of anilines is 1. The molecule has 1 fully saturated rings. The Labute approximate surface area is 187 Å².